The summed E-state index contributed by atoms with van der Waals surface area (Å²) in [6.07, 6.45) is 2.40. The van der Waals surface area contributed by atoms with Crippen LogP contribution in [0, 0.1) is 5.92 Å². The lowest BCUT2D eigenvalue weighted by Gasteiger charge is -2.07. The molecule has 3 N–H and O–H groups in total. The number of nitrogens with zero attached hydrogens (tertiary/aromatic N) is 1. The molecule has 0 bridgehead atoms. The number of nitrogens with two attached hydrogens (primary N) is 1. The van der Waals surface area contributed by atoms with Crippen LogP contribution in [0.15, 0.2) is 23.1 Å². The van der Waals surface area contributed by atoms with Crippen LogP contribution in [0.3, 0.4) is 0 Å². The molecule has 1 aromatic rings. The number of amides is 1. The van der Waals surface area contributed by atoms with Crippen LogP contribution in [-0.2, 0) is 11.3 Å². The molecule has 1 heterocycles. The summed E-state index contributed by atoms with van der Waals surface area (Å²) in [7, 11) is 0. The van der Waals surface area contributed by atoms with Crippen LogP contribution in [0.4, 0.5) is 5.69 Å². The quantitative estimate of drug-likeness (QED) is 0.763. The summed E-state index contributed by atoms with van der Waals surface area (Å²) in [5.74, 6) is -0.129. The van der Waals surface area contributed by atoms with Crippen LogP contribution in [0.1, 0.15) is 13.3 Å². The molecule has 0 spiro atoms. The Morgan fingerprint density at radius 3 is 2.88 bits per heavy atom. The van der Waals surface area contributed by atoms with Gasteiger partial charge in [0.15, 0.2) is 0 Å². The molecule has 0 aliphatic heterocycles. The minimum atomic E-state index is -0.0676. The monoisotopic (exact) mass is 221 g/mol. The normalized spacial score (nSPS) is 22.9. The lowest BCUT2D eigenvalue weighted by atomic mass is 10.3. The summed E-state index contributed by atoms with van der Waals surface area (Å²) in [5, 5.41) is 2.76. The summed E-state index contributed by atoms with van der Waals surface area (Å²) < 4.78 is 1.54. The van der Waals surface area contributed by atoms with Crippen LogP contribution in [0.5, 0.6) is 0 Å². The standard InChI is InChI=1S/C11H15N3O2/c1-2-14-6-7(3-4-10(14)15)13-11(16)8-5-9(8)12/h3-4,6,8-9H,2,5,12H2,1H3,(H,13,16). The first-order chi connectivity index (χ1) is 7.61. The number of hydrogen-bond donors (Lipinski definition) is 2. The third kappa shape index (κ3) is 2.14. The summed E-state index contributed by atoms with van der Waals surface area (Å²) in [6, 6.07) is 3.06. The Kier molecular flexibility index (Phi) is 2.78. The predicted molar refractivity (Wildman–Crippen MR) is 61.1 cm³/mol. The Hall–Kier alpha value is -1.62. The number of carbonyl (C=O) groups excluding carboxylic acids is 1. The summed E-state index contributed by atoms with van der Waals surface area (Å²) in [4.78, 5) is 22.9. The molecule has 5 heteroatoms. The van der Waals surface area contributed by atoms with Gasteiger partial charge in [-0.2, -0.15) is 0 Å². The van der Waals surface area contributed by atoms with Gasteiger partial charge in [-0.05, 0) is 19.4 Å². The zero-order valence-corrected chi connectivity index (χ0v) is 9.14. The largest absolute Gasteiger partial charge is 0.327 e. The Labute approximate surface area is 93.3 Å². The van der Waals surface area contributed by atoms with Crippen molar-refractivity contribution in [2.24, 2.45) is 11.7 Å². The first-order valence-corrected chi connectivity index (χ1v) is 5.38. The van der Waals surface area contributed by atoms with E-state index >= 15 is 0 Å². The Bertz CT molecular complexity index is 467. The number of pyridine rings is 1. The fraction of sp³-hybridized carbons (Fsp3) is 0.455. The van der Waals surface area contributed by atoms with Crippen molar-refractivity contribution in [2.45, 2.75) is 25.9 Å². The molecule has 2 rings (SSSR count). The first-order valence-electron chi connectivity index (χ1n) is 5.38. The number of hydrogen-bond acceptors (Lipinski definition) is 3. The highest BCUT2D eigenvalue weighted by Crippen LogP contribution is 2.28. The molecule has 1 fully saturated rings. The average molecular weight is 221 g/mol. The highest BCUT2D eigenvalue weighted by Gasteiger charge is 2.39. The number of aryl methyl sites for hydroxylation is 1. The van der Waals surface area contributed by atoms with Crippen molar-refractivity contribution < 1.29 is 4.79 Å². The van der Waals surface area contributed by atoms with Gasteiger partial charge in [0, 0.05) is 24.8 Å². The molecule has 0 aromatic carbocycles. The fourth-order valence-electron chi connectivity index (χ4n) is 1.60. The molecule has 1 aliphatic rings. The summed E-state index contributed by atoms with van der Waals surface area (Å²) in [6.45, 7) is 2.47. The molecule has 86 valence electrons. The minimum absolute atomic E-state index is 0.00270. The van der Waals surface area contributed by atoms with Gasteiger partial charge in [0.1, 0.15) is 0 Å². The third-order valence-corrected chi connectivity index (χ3v) is 2.77. The number of nitrogens with one attached hydrogen (secondary N) is 1. The highest BCUT2D eigenvalue weighted by molar-refractivity contribution is 5.94. The van der Waals surface area contributed by atoms with Crippen LogP contribution in [-0.4, -0.2) is 16.5 Å². The van der Waals surface area contributed by atoms with Crippen molar-refractivity contribution in [3.63, 3.8) is 0 Å². The van der Waals surface area contributed by atoms with E-state index in [1.165, 1.54) is 6.07 Å². The van der Waals surface area contributed by atoms with E-state index < -0.39 is 0 Å². The van der Waals surface area contributed by atoms with E-state index in [-0.39, 0.29) is 23.4 Å². The van der Waals surface area contributed by atoms with Crippen molar-refractivity contribution in [3.8, 4) is 0 Å². The van der Waals surface area contributed by atoms with E-state index in [4.69, 9.17) is 5.73 Å². The molecule has 2 unspecified atom stereocenters. The molecule has 1 aromatic heterocycles. The Morgan fingerprint density at radius 1 is 1.62 bits per heavy atom. The van der Waals surface area contributed by atoms with Crippen molar-refractivity contribution in [2.75, 3.05) is 5.32 Å². The zero-order valence-electron chi connectivity index (χ0n) is 9.14. The van der Waals surface area contributed by atoms with Gasteiger partial charge in [-0.15, -0.1) is 0 Å². The van der Waals surface area contributed by atoms with Crippen molar-refractivity contribution >= 4 is 11.6 Å². The molecule has 0 saturated heterocycles. The third-order valence-electron chi connectivity index (χ3n) is 2.77. The molecular formula is C11H15N3O2. The maximum Gasteiger partial charge on any atom is 0.250 e. The van der Waals surface area contributed by atoms with Gasteiger partial charge >= 0.3 is 0 Å². The maximum absolute atomic E-state index is 11.6. The number of anilines is 1. The SMILES string of the molecule is CCn1cc(NC(=O)C2CC2N)ccc1=O. The lowest BCUT2D eigenvalue weighted by Crippen LogP contribution is -2.22. The highest BCUT2D eigenvalue weighted by atomic mass is 16.2. The van der Waals surface area contributed by atoms with Crippen LogP contribution in [0.25, 0.3) is 0 Å². The van der Waals surface area contributed by atoms with E-state index in [0.717, 1.165) is 6.42 Å². The van der Waals surface area contributed by atoms with Gasteiger partial charge in [0.25, 0.3) is 5.56 Å². The molecule has 1 aliphatic carbocycles. The smallest absolute Gasteiger partial charge is 0.250 e. The first kappa shape index (κ1) is 10.9. The second-order valence-corrected chi connectivity index (χ2v) is 4.04. The molecule has 1 amide bonds. The number of rotatable bonds is 3. The fourth-order valence-corrected chi connectivity index (χ4v) is 1.60. The van der Waals surface area contributed by atoms with Gasteiger partial charge < -0.3 is 15.6 Å². The molecular weight excluding hydrogens is 206 g/mol. The van der Waals surface area contributed by atoms with Gasteiger partial charge in [-0.1, -0.05) is 0 Å². The van der Waals surface area contributed by atoms with Crippen LogP contribution >= 0.6 is 0 Å². The zero-order chi connectivity index (χ0) is 11.7. The van der Waals surface area contributed by atoms with Crippen LogP contribution < -0.4 is 16.6 Å². The average Bonchev–Trinajstić information content (AvgIpc) is 2.98. The Morgan fingerprint density at radius 2 is 2.31 bits per heavy atom. The second kappa shape index (κ2) is 4.09. The predicted octanol–water partition coefficient (Wildman–Crippen LogP) is 0.154. The lowest BCUT2D eigenvalue weighted by molar-refractivity contribution is -0.117. The molecule has 0 radical (unpaired) electrons. The van der Waals surface area contributed by atoms with E-state index in [9.17, 15) is 9.59 Å². The van der Waals surface area contributed by atoms with Crippen LogP contribution in [0.2, 0.25) is 0 Å². The molecule has 2 atom stereocenters. The van der Waals surface area contributed by atoms with Crippen molar-refractivity contribution in [3.05, 3.63) is 28.7 Å². The van der Waals surface area contributed by atoms with E-state index in [1.54, 1.807) is 16.8 Å². The summed E-state index contributed by atoms with van der Waals surface area (Å²) in [5.41, 5.74) is 6.16. The van der Waals surface area contributed by atoms with Gasteiger partial charge in [0.05, 0.1) is 11.6 Å². The second-order valence-electron chi connectivity index (χ2n) is 4.04. The van der Waals surface area contributed by atoms with Crippen molar-refractivity contribution in [1.29, 1.82) is 0 Å². The van der Waals surface area contributed by atoms with E-state index in [0.29, 0.717) is 12.2 Å². The van der Waals surface area contributed by atoms with E-state index in [1.807, 2.05) is 6.92 Å². The van der Waals surface area contributed by atoms with Gasteiger partial charge in [-0.25, -0.2) is 0 Å². The van der Waals surface area contributed by atoms with E-state index in [2.05, 4.69) is 5.32 Å². The number of carbonyl (C=O) groups is 1. The van der Waals surface area contributed by atoms with Gasteiger partial charge in [-0.3, -0.25) is 9.59 Å². The minimum Gasteiger partial charge on any atom is -0.327 e. The molecule has 5 nitrogen and oxygen atoms in total. The number of aromatic nitrogens is 1. The molecule has 1 saturated carbocycles. The molecule has 16 heavy (non-hydrogen) atoms. The topological polar surface area (TPSA) is 77.1 Å². The van der Waals surface area contributed by atoms with Crippen molar-refractivity contribution in [1.82, 2.24) is 4.57 Å². The maximum atomic E-state index is 11.6. The summed E-state index contributed by atoms with van der Waals surface area (Å²) >= 11 is 0. The Balaban J connectivity index is 2.10. The van der Waals surface area contributed by atoms with Gasteiger partial charge in [0.2, 0.25) is 5.91 Å².